The number of hydrogen-bond acceptors (Lipinski definition) is 5. The second-order valence-electron chi connectivity index (χ2n) is 10.5. The first-order valence-electron chi connectivity index (χ1n) is 13.6. The molecule has 2 aromatic heterocycles. The second kappa shape index (κ2) is 12.6. The normalized spacial score (nSPS) is 19.2. The molecule has 2 unspecified atom stereocenters. The molecule has 2 fully saturated rings. The molecule has 4 aromatic rings. The smallest absolute Gasteiger partial charge is 0.475 e. The molecule has 8 nitrogen and oxygen atoms in total. The average Bonchev–Trinajstić information content (AvgIpc) is 3.60. The highest BCUT2D eigenvalue weighted by Gasteiger charge is 2.38. The predicted octanol–water partition coefficient (Wildman–Crippen LogP) is 6.14. The zero-order valence-electron chi connectivity index (χ0n) is 22.5. The minimum absolute atomic E-state index is 0.0958. The molecule has 2 aromatic carbocycles. The van der Waals surface area contributed by atoms with Crippen molar-refractivity contribution in [3.05, 3.63) is 63.0 Å². The van der Waals surface area contributed by atoms with Crippen LogP contribution < -0.4 is 10.9 Å². The lowest BCUT2D eigenvalue weighted by molar-refractivity contribution is -0.192. The van der Waals surface area contributed by atoms with E-state index in [1.54, 1.807) is 12.1 Å². The number of aliphatic carboxylic acids is 1. The number of carboxylic acid groups (broad SMARTS) is 1. The molecule has 4 heterocycles. The van der Waals surface area contributed by atoms with Crippen molar-refractivity contribution in [1.29, 1.82) is 0 Å². The molecule has 6 rings (SSSR count). The molecule has 0 bridgehead atoms. The van der Waals surface area contributed by atoms with Gasteiger partial charge in [-0.3, -0.25) is 4.79 Å². The number of halogens is 5. The number of nitrogens with one attached hydrogen (secondary N) is 1. The van der Waals surface area contributed by atoms with Gasteiger partial charge in [-0.2, -0.15) is 13.2 Å². The van der Waals surface area contributed by atoms with Crippen LogP contribution in [0, 0.1) is 5.92 Å². The topological polar surface area (TPSA) is 98.4 Å². The molecule has 42 heavy (non-hydrogen) atoms. The third kappa shape index (κ3) is 6.59. The van der Waals surface area contributed by atoms with E-state index >= 15 is 0 Å². The molecule has 0 spiro atoms. The number of alkyl halides is 3. The summed E-state index contributed by atoms with van der Waals surface area (Å²) in [6.07, 6.45) is 1.51. The SMILES string of the molecule is O=C(O)C(F)(F)F.O=c1c(-c2cn(CC3CCCO3)c3ccccc23)nc2cc(Cl)c(Cl)cc2n1CC1CCCNC1. The van der Waals surface area contributed by atoms with Gasteiger partial charge in [0.05, 0.1) is 27.2 Å². The minimum Gasteiger partial charge on any atom is -0.475 e. The van der Waals surface area contributed by atoms with E-state index in [1.165, 1.54) is 0 Å². The van der Waals surface area contributed by atoms with Crippen LogP contribution in [0.25, 0.3) is 33.2 Å². The van der Waals surface area contributed by atoms with Crippen molar-refractivity contribution in [2.24, 2.45) is 5.92 Å². The second-order valence-corrected chi connectivity index (χ2v) is 11.3. The highest BCUT2D eigenvalue weighted by atomic mass is 35.5. The maximum absolute atomic E-state index is 14.0. The molecule has 2 N–H and O–H groups in total. The summed E-state index contributed by atoms with van der Waals surface area (Å²) in [6.45, 7) is 4.11. The Balaban J connectivity index is 0.000000451. The highest BCUT2D eigenvalue weighted by molar-refractivity contribution is 6.42. The monoisotopic (exact) mass is 624 g/mol. The first-order valence-corrected chi connectivity index (χ1v) is 14.4. The third-order valence-corrected chi connectivity index (χ3v) is 8.26. The van der Waals surface area contributed by atoms with Crippen LogP contribution in [0.1, 0.15) is 25.7 Å². The molecule has 0 amide bonds. The molecule has 2 aliphatic rings. The lowest BCUT2D eigenvalue weighted by atomic mass is 9.99. The Morgan fingerprint density at radius 1 is 1.10 bits per heavy atom. The fourth-order valence-electron chi connectivity index (χ4n) is 5.53. The summed E-state index contributed by atoms with van der Waals surface area (Å²) >= 11 is 12.7. The van der Waals surface area contributed by atoms with Crippen LogP contribution in [0.15, 0.2) is 47.4 Å². The molecule has 0 radical (unpaired) electrons. The predicted molar refractivity (Wildman–Crippen MR) is 155 cm³/mol. The summed E-state index contributed by atoms with van der Waals surface area (Å²) < 4.78 is 41.7. The number of piperidine rings is 1. The van der Waals surface area contributed by atoms with Crippen LogP contribution in [-0.4, -0.2) is 57.2 Å². The lowest BCUT2D eigenvalue weighted by Gasteiger charge is -2.24. The van der Waals surface area contributed by atoms with Crippen molar-refractivity contribution < 1.29 is 27.8 Å². The van der Waals surface area contributed by atoms with Gasteiger partial charge in [-0.25, -0.2) is 9.78 Å². The molecule has 2 aliphatic heterocycles. The molecule has 13 heteroatoms. The highest BCUT2D eigenvalue weighted by Crippen LogP contribution is 2.32. The molecular formula is C29H29Cl2F3N4O4. The Bertz CT molecular complexity index is 1660. The number of carboxylic acids is 1. The molecular weight excluding hydrogens is 596 g/mol. The van der Waals surface area contributed by atoms with Gasteiger partial charge in [0.1, 0.15) is 5.69 Å². The van der Waals surface area contributed by atoms with E-state index in [4.69, 9.17) is 42.8 Å². The van der Waals surface area contributed by atoms with Gasteiger partial charge in [0.15, 0.2) is 0 Å². The maximum atomic E-state index is 14.0. The molecule has 0 saturated carbocycles. The van der Waals surface area contributed by atoms with Gasteiger partial charge in [-0.1, -0.05) is 41.4 Å². The number of nitrogens with zero attached hydrogens (tertiary/aromatic N) is 3. The van der Waals surface area contributed by atoms with Crippen molar-refractivity contribution in [1.82, 2.24) is 19.4 Å². The van der Waals surface area contributed by atoms with Gasteiger partial charge in [0, 0.05) is 42.4 Å². The Labute approximate surface area is 249 Å². The van der Waals surface area contributed by atoms with Gasteiger partial charge in [-0.15, -0.1) is 0 Å². The summed E-state index contributed by atoms with van der Waals surface area (Å²) in [4.78, 5) is 27.8. The van der Waals surface area contributed by atoms with Crippen molar-refractivity contribution >= 4 is 51.1 Å². The van der Waals surface area contributed by atoms with Gasteiger partial charge >= 0.3 is 12.1 Å². The zero-order valence-corrected chi connectivity index (χ0v) is 24.0. The van der Waals surface area contributed by atoms with E-state index in [0.29, 0.717) is 33.7 Å². The summed E-state index contributed by atoms with van der Waals surface area (Å²) in [5, 5.41) is 12.5. The lowest BCUT2D eigenvalue weighted by Crippen LogP contribution is -2.35. The number of aromatic nitrogens is 3. The van der Waals surface area contributed by atoms with Crippen molar-refractivity contribution in [2.75, 3.05) is 19.7 Å². The molecule has 2 atom stereocenters. The molecule has 224 valence electrons. The van der Waals surface area contributed by atoms with Crippen LogP contribution in [0.5, 0.6) is 0 Å². The van der Waals surface area contributed by atoms with Crippen molar-refractivity contribution in [2.45, 2.75) is 51.1 Å². The van der Waals surface area contributed by atoms with E-state index < -0.39 is 12.1 Å². The Hall–Kier alpha value is -3.12. The number of para-hydroxylation sites is 1. The third-order valence-electron chi connectivity index (χ3n) is 7.54. The van der Waals surface area contributed by atoms with E-state index in [2.05, 4.69) is 28.2 Å². The summed E-state index contributed by atoms with van der Waals surface area (Å²) in [5.74, 6) is -2.39. The largest absolute Gasteiger partial charge is 0.490 e. The average molecular weight is 625 g/mol. The van der Waals surface area contributed by atoms with E-state index in [0.717, 1.165) is 73.9 Å². The number of carbonyl (C=O) groups is 1. The van der Waals surface area contributed by atoms with Crippen LogP contribution in [0.3, 0.4) is 0 Å². The number of fused-ring (bicyclic) bond motifs is 2. The van der Waals surface area contributed by atoms with Crippen LogP contribution in [-0.2, 0) is 22.6 Å². The summed E-state index contributed by atoms with van der Waals surface area (Å²) in [7, 11) is 0. The number of benzene rings is 2. The van der Waals surface area contributed by atoms with E-state index in [-0.39, 0.29) is 11.7 Å². The van der Waals surface area contributed by atoms with Gasteiger partial charge in [-0.05, 0) is 62.9 Å². The fourth-order valence-corrected chi connectivity index (χ4v) is 5.84. The number of rotatable bonds is 5. The molecule has 0 aliphatic carbocycles. The van der Waals surface area contributed by atoms with Crippen LogP contribution in [0.2, 0.25) is 10.0 Å². The van der Waals surface area contributed by atoms with Gasteiger partial charge in [0.2, 0.25) is 0 Å². The fraction of sp³-hybridized carbons (Fsp3) is 0.414. The van der Waals surface area contributed by atoms with Crippen molar-refractivity contribution in [3.8, 4) is 11.3 Å². The Kier molecular flexibility index (Phi) is 9.12. The summed E-state index contributed by atoms with van der Waals surface area (Å²) in [5.41, 5.74) is 3.67. The Morgan fingerprint density at radius 2 is 1.83 bits per heavy atom. The van der Waals surface area contributed by atoms with E-state index in [1.807, 2.05) is 16.7 Å². The van der Waals surface area contributed by atoms with E-state index in [9.17, 15) is 18.0 Å². The number of hydrogen-bond donors (Lipinski definition) is 2. The number of ether oxygens (including phenoxy) is 1. The minimum atomic E-state index is -5.08. The maximum Gasteiger partial charge on any atom is 0.490 e. The quantitative estimate of drug-likeness (QED) is 0.277. The molecule has 2 saturated heterocycles. The first-order chi connectivity index (χ1) is 20.0. The summed E-state index contributed by atoms with van der Waals surface area (Å²) in [6, 6.07) is 11.7. The first kappa shape index (κ1) is 30.3. The Morgan fingerprint density at radius 3 is 2.50 bits per heavy atom. The van der Waals surface area contributed by atoms with Gasteiger partial charge < -0.3 is 24.3 Å². The van der Waals surface area contributed by atoms with Crippen LogP contribution >= 0.6 is 23.2 Å². The van der Waals surface area contributed by atoms with Gasteiger partial charge in [0.25, 0.3) is 5.56 Å². The standard InChI is InChI=1S/C27H28Cl2N4O2.C2HF3O2/c28-21-11-23-25(12-22(21)29)33(14-17-5-3-9-30-13-17)27(34)26(31-23)20-16-32(15-18-6-4-10-35-18)24-8-2-1-7-19(20)24;3-2(4,5)1(6)7/h1-2,7-8,11-12,16-18,30H,3-6,9-10,13-15H2;(H,6,7). The van der Waals surface area contributed by atoms with Crippen LogP contribution in [0.4, 0.5) is 13.2 Å². The van der Waals surface area contributed by atoms with Crippen molar-refractivity contribution in [3.63, 3.8) is 0 Å². The zero-order chi connectivity index (χ0) is 30.0.